The fourth-order valence-electron chi connectivity index (χ4n) is 3.67. The molecule has 16 nitrogen and oxygen atoms in total. The molecule has 3 heterocycles. The van der Waals surface area contributed by atoms with Gasteiger partial charge in [0.15, 0.2) is 6.29 Å². The number of ether oxygens (including phenoxy) is 2. The average molecular weight is 544 g/mol. The number of imide groups is 1. The highest BCUT2D eigenvalue weighted by atomic mass is 31.3. The molecule has 2 fully saturated rings. The van der Waals surface area contributed by atoms with Crippen LogP contribution in [0.1, 0.15) is 26.7 Å². The molecule has 0 aromatic carbocycles. The zero-order valence-corrected chi connectivity index (χ0v) is 20.3. The maximum atomic E-state index is 12.2. The van der Waals surface area contributed by atoms with E-state index in [9.17, 15) is 48.9 Å². The van der Waals surface area contributed by atoms with E-state index < -0.39 is 89.1 Å². The predicted molar refractivity (Wildman–Crippen MR) is 107 cm³/mol. The molecule has 3 aliphatic rings. The zero-order chi connectivity index (χ0) is 26.3. The number of nitrogens with one attached hydrogen (secondary N) is 1. The molecule has 35 heavy (non-hydrogen) atoms. The number of rotatable bonds is 8. The van der Waals surface area contributed by atoms with Crippen LogP contribution in [-0.2, 0) is 32.2 Å². The molecule has 3 amide bonds. The first kappa shape index (κ1) is 28.3. The van der Waals surface area contributed by atoms with Gasteiger partial charge in [-0.05, 0) is 13.3 Å². The number of nitrogens with zero attached hydrogens (tertiary/aromatic N) is 1. The van der Waals surface area contributed by atoms with Gasteiger partial charge in [-0.25, -0.2) is 0 Å². The van der Waals surface area contributed by atoms with Gasteiger partial charge in [0.05, 0.1) is 18.3 Å². The van der Waals surface area contributed by atoms with Crippen molar-refractivity contribution in [3.63, 3.8) is 0 Å². The van der Waals surface area contributed by atoms with Crippen molar-refractivity contribution in [2.24, 2.45) is 0 Å². The number of phosphoric ester groups is 1. The number of carbonyl (C=O) groups excluding carboxylic acids is 2. The Morgan fingerprint density at radius 2 is 1.83 bits per heavy atom. The number of hydrogen-bond acceptors (Lipinski definition) is 14. The quantitative estimate of drug-likeness (QED) is 0.114. The molecular weight excluding hydrogens is 518 g/mol. The molecule has 10 atom stereocenters. The highest BCUT2D eigenvalue weighted by Gasteiger charge is 2.49. The van der Waals surface area contributed by atoms with E-state index in [0.717, 1.165) is 4.58 Å². The van der Waals surface area contributed by atoms with Gasteiger partial charge in [0, 0.05) is 12.6 Å². The van der Waals surface area contributed by atoms with Gasteiger partial charge in [-0.3, -0.25) is 13.4 Å². The minimum Gasteiger partial charge on any atom is -0.778 e. The zero-order valence-electron chi connectivity index (χ0n) is 18.5. The molecule has 198 valence electrons. The van der Waals surface area contributed by atoms with Gasteiger partial charge in [-0.1, -0.05) is 0 Å². The molecular formula is C17H26N2O14P2. The van der Waals surface area contributed by atoms with Crippen LogP contribution in [0.3, 0.4) is 0 Å². The van der Waals surface area contributed by atoms with Crippen LogP contribution in [0.4, 0.5) is 4.79 Å². The highest BCUT2D eigenvalue weighted by Crippen LogP contribution is 2.56. The second kappa shape index (κ2) is 10.6. The Hall–Kier alpha value is -1.26. The van der Waals surface area contributed by atoms with Crippen molar-refractivity contribution < 1.29 is 71.8 Å². The van der Waals surface area contributed by atoms with Crippen LogP contribution in [-0.4, -0.2) is 98.5 Å². The molecule has 0 bridgehead atoms. The summed E-state index contributed by atoms with van der Waals surface area (Å²) in [6.45, 7) is 2.71. The van der Waals surface area contributed by atoms with E-state index in [1.165, 1.54) is 20.1 Å². The summed E-state index contributed by atoms with van der Waals surface area (Å²) in [4.78, 5) is 47.8. The van der Waals surface area contributed by atoms with E-state index in [4.69, 9.17) is 9.47 Å². The van der Waals surface area contributed by atoms with Crippen molar-refractivity contribution >= 4 is 33.6 Å². The topological polar surface area (TPSA) is 247 Å². The van der Waals surface area contributed by atoms with Crippen LogP contribution >= 0.6 is 15.4 Å². The summed E-state index contributed by atoms with van der Waals surface area (Å²) in [5.41, 5.74) is 0. The molecule has 0 aromatic rings. The predicted octanol–water partition coefficient (Wildman–Crippen LogP) is -3.34. The van der Waals surface area contributed by atoms with Gasteiger partial charge in [-0.2, -0.15) is 9.59 Å². The van der Waals surface area contributed by atoms with Gasteiger partial charge < -0.3 is 44.3 Å². The van der Waals surface area contributed by atoms with Crippen molar-refractivity contribution in [2.45, 2.75) is 75.8 Å². The van der Waals surface area contributed by atoms with Crippen molar-refractivity contribution in [2.75, 3.05) is 6.16 Å². The number of carbonyl (C=O) groups is 2. The van der Waals surface area contributed by atoms with Crippen molar-refractivity contribution in [1.82, 2.24) is 5.32 Å². The van der Waals surface area contributed by atoms with E-state index in [-0.39, 0.29) is 12.3 Å². The molecule has 2 saturated heterocycles. The van der Waals surface area contributed by atoms with E-state index in [1.54, 1.807) is 0 Å². The number of hydrogen-bond donors (Lipinski definition) is 5. The van der Waals surface area contributed by atoms with Gasteiger partial charge in [-0.15, -0.1) is 9.89 Å². The summed E-state index contributed by atoms with van der Waals surface area (Å²) in [6, 6.07) is -0.792. The molecule has 3 rings (SSSR count). The van der Waals surface area contributed by atoms with Gasteiger partial charge >= 0.3 is 11.9 Å². The first-order chi connectivity index (χ1) is 16.1. The maximum absolute atomic E-state index is 12.2. The standard InChI is InChI=1S/C17H26N2O14P2/c1-7-6-19(17(25)18-15(7)24)11-5-9(20)10(31-11)3-4-34(26,27)33-35(28,29)32-16-14(23)13(22)12(21)8(2)30-16/h6,8-14,16,20-23H,3-5H2,1-2H3,(H-2,18,24,25,26,27,28,29)/t8-,9-,10-,11-,12+,13+,14+,16+/m0/s1. The van der Waals surface area contributed by atoms with Crippen LogP contribution in [0.2, 0.25) is 0 Å². The Bertz CT molecular complexity index is 961. The number of urea groups is 1. The van der Waals surface area contributed by atoms with E-state index in [2.05, 4.69) is 14.2 Å². The fraction of sp³-hybridized carbons (Fsp3) is 0.765. The summed E-state index contributed by atoms with van der Waals surface area (Å²) in [5.74, 6) is -0.389. The Labute approximate surface area is 199 Å². The Morgan fingerprint density at radius 3 is 2.49 bits per heavy atom. The molecule has 0 radical (unpaired) electrons. The summed E-state index contributed by atoms with van der Waals surface area (Å²) in [5, 5.41) is 41.4. The minimum absolute atomic E-state index is 0.105. The van der Waals surface area contributed by atoms with E-state index in [1.807, 2.05) is 0 Å². The third-order valence-electron chi connectivity index (χ3n) is 5.61. The molecule has 0 spiro atoms. The minimum atomic E-state index is -5.63. The highest BCUT2D eigenvalue weighted by molar-refractivity contribution is 7.62. The van der Waals surface area contributed by atoms with Gasteiger partial charge in [0.25, 0.3) is 20.0 Å². The molecule has 2 unspecified atom stereocenters. The van der Waals surface area contributed by atoms with E-state index >= 15 is 0 Å². The normalized spacial score (nSPS) is 39.5. The van der Waals surface area contributed by atoms with Crippen molar-refractivity contribution in [3.05, 3.63) is 5.92 Å². The average Bonchev–Trinajstić information content (AvgIpc) is 3.11. The van der Waals surface area contributed by atoms with Crippen LogP contribution in [0.15, 0.2) is 0 Å². The molecule has 18 heteroatoms. The summed E-state index contributed by atoms with van der Waals surface area (Å²) < 4.78 is 44.4. The number of phosphoric acid groups is 1. The fourth-order valence-corrected chi connectivity index (χ4v) is 6.37. The van der Waals surface area contributed by atoms with Gasteiger partial charge in [0.2, 0.25) is 6.23 Å². The molecule has 0 aliphatic carbocycles. The lowest BCUT2D eigenvalue weighted by molar-refractivity contribution is -0.523. The Kier molecular flexibility index (Phi) is 8.59. The lowest BCUT2D eigenvalue weighted by atomic mass is 10.0. The largest absolute Gasteiger partial charge is 0.778 e. The lowest BCUT2D eigenvalue weighted by Gasteiger charge is -2.41. The van der Waals surface area contributed by atoms with Gasteiger partial charge in [0.1, 0.15) is 32.8 Å². The third kappa shape index (κ3) is 6.74. The molecule has 5 N–H and O–H groups in total. The molecule has 0 aromatic heterocycles. The molecule has 0 saturated carbocycles. The van der Waals surface area contributed by atoms with Crippen LogP contribution in [0, 0.1) is 5.92 Å². The van der Waals surface area contributed by atoms with Crippen LogP contribution < -0.4 is 15.1 Å². The smallest absolute Gasteiger partial charge is 0.507 e. The Balaban J connectivity index is 1.56. The second-order valence-corrected chi connectivity index (χ2v) is 11.8. The van der Waals surface area contributed by atoms with Crippen LogP contribution in [0.25, 0.3) is 0 Å². The first-order valence-electron chi connectivity index (χ1n) is 10.5. The third-order valence-corrected chi connectivity index (χ3v) is 8.68. The summed E-state index contributed by atoms with van der Waals surface area (Å²) in [6.07, 6.45) is -12.1. The van der Waals surface area contributed by atoms with Crippen molar-refractivity contribution in [1.29, 1.82) is 0 Å². The maximum Gasteiger partial charge on any atom is 0.507 e. The number of aliphatic hydroxyl groups excluding tert-OH is 4. The van der Waals surface area contributed by atoms with Crippen molar-refractivity contribution in [3.8, 4) is 0 Å². The SMILES string of the molecule is C[C+]1C=[N+]([C@@H]2C[C@H](O)[C@H](CCP(=O)([O-])OP(=O)([O-])O[C@H]3O[C@@H](C)[C@@H](O)[C@@H](O)[C@H]3O)O2)C(=O)NC1=O. The molecule has 3 aliphatic heterocycles. The number of aliphatic hydroxyl groups is 4. The first-order valence-corrected chi connectivity index (χ1v) is 13.6. The number of amides is 3. The second-order valence-electron chi connectivity index (χ2n) is 8.35. The van der Waals surface area contributed by atoms with Crippen LogP contribution in [0.5, 0.6) is 0 Å². The summed E-state index contributed by atoms with van der Waals surface area (Å²) in [7, 11) is -10.8. The monoisotopic (exact) mass is 544 g/mol. The summed E-state index contributed by atoms with van der Waals surface area (Å²) >= 11 is 0. The van der Waals surface area contributed by atoms with E-state index in [0.29, 0.717) is 0 Å². The lowest BCUT2D eigenvalue weighted by Crippen LogP contribution is -2.57. The Morgan fingerprint density at radius 1 is 1.17 bits per heavy atom.